The Morgan fingerprint density at radius 1 is 1.37 bits per heavy atom. The maximum absolute atomic E-state index is 12.6. The summed E-state index contributed by atoms with van der Waals surface area (Å²) >= 11 is 0. The molecule has 0 bridgehead atoms. The molecule has 1 amide bonds. The largest absolute Gasteiger partial charge is 0.417 e. The molecule has 0 saturated carbocycles. The van der Waals surface area contributed by atoms with Gasteiger partial charge in [-0.3, -0.25) is 4.79 Å². The number of aliphatic hydroxyl groups is 1. The van der Waals surface area contributed by atoms with Crippen molar-refractivity contribution >= 4 is 11.6 Å². The minimum atomic E-state index is -4.82. The quantitative estimate of drug-likeness (QED) is 0.898. The monoisotopic (exact) mass is 273 g/mol. The number of halogens is 3. The van der Waals surface area contributed by atoms with Crippen molar-refractivity contribution < 1.29 is 23.1 Å². The highest BCUT2D eigenvalue weighted by molar-refractivity contribution is 5.96. The Hall–Kier alpha value is -1.56. The van der Waals surface area contributed by atoms with Gasteiger partial charge in [-0.25, -0.2) is 0 Å². The van der Waals surface area contributed by atoms with Crippen molar-refractivity contribution in [3.63, 3.8) is 0 Å². The third-order valence-electron chi connectivity index (χ3n) is 3.29. The van der Waals surface area contributed by atoms with Crippen LogP contribution in [0.15, 0.2) is 24.3 Å². The number of carbonyl (C=O) groups excluding carboxylic acids is 1. The van der Waals surface area contributed by atoms with Crippen molar-refractivity contribution in [2.24, 2.45) is 0 Å². The molecule has 1 N–H and O–H groups in total. The first-order valence-corrected chi connectivity index (χ1v) is 5.90. The van der Waals surface area contributed by atoms with Gasteiger partial charge in [0.15, 0.2) is 5.60 Å². The first kappa shape index (κ1) is 13.9. The normalized spacial score (nSPS) is 18.1. The van der Waals surface area contributed by atoms with Crippen molar-refractivity contribution in [3.8, 4) is 0 Å². The molecule has 1 aromatic carbocycles. The Bertz CT molecular complexity index is 497. The van der Waals surface area contributed by atoms with Crippen LogP contribution in [0.5, 0.6) is 0 Å². The van der Waals surface area contributed by atoms with Gasteiger partial charge in [0.25, 0.3) is 0 Å². The van der Waals surface area contributed by atoms with Crippen LogP contribution in [0.4, 0.5) is 18.9 Å². The minimum Gasteiger partial charge on any atom is -0.380 e. The number of benzene rings is 1. The first-order chi connectivity index (χ1) is 8.72. The lowest BCUT2D eigenvalue weighted by Gasteiger charge is -2.28. The lowest BCUT2D eigenvalue weighted by molar-refractivity contribution is -0.253. The standard InChI is InChI=1S/C13H14F3NO2/c1-12(19,13(14,15)16)8-11(18)17-7-6-9-4-2-3-5-10(9)17/h2-5,19H,6-8H2,1H3/t12-/m0/s1. The van der Waals surface area contributed by atoms with E-state index in [2.05, 4.69) is 0 Å². The smallest absolute Gasteiger partial charge is 0.380 e. The van der Waals surface area contributed by atoms with Gasteiger partial charge in [-0.1, -0.05) is 18.2 Å². The zero-order chi connectivity index (χ0) is 14.3. The van der Waals surface area contributed by atoms with Crippen molar-refractivity contribution in [1.82, 2.24) is 0 Å². The summed E-state index contributed by atoms with van der Waals surface area (Å²) in [5.74, 6) is -0.715. The van der Waals surface area contributed by atoms with E-state index in [0.717, 1.165) is 5.56 Å². The number of nitrogens with zero attached hydrogens (tertiary/aromatic N) is 1. The molecule has 1 heterocycles. The summed E-state index contributed by atoms with van der Waals surface area (Å²) in [6, 6.07) is 7.08. The number of carbonyl (C=O) groups is 1. The number of hydrogen-bond donors (Lipinski definition) is 1. The zero-order valence-corrected chi connectivity index (χ0v) is 10.4. The van der Waals surface area contributed by atoms with Crippen LogP contribution in [0.3, 0.4) is 0 Å². The molecule has 19 heavy (non-hydrogen) atoms. The second-order valence-electron chi connectivity index (χ2n) is 4.87. The molecule has 3 nitrogen and oxygen atoms in total. The lowest BCUT2D eigenvalue weighted by Crippen LogP contribution is -2.46. The van der Waals surface area contributed by atoms with Crippen LogP contribution >= 0.6 is 0 Å². The van der Waals surface area contributed by atoms with Crippen LogP contribution in [0.1, 0.15) is 18.9 Å². The average molecular weight is 273 g/mol. The number of fused-ring (bicyclic) bond motifs is 1. The number of anilines is 1. The summed E-state index contributed by atoms with van der Waals surface area (Å²) in [4.78, 5) is 13.2. The van der Waals surface area contributed by atoms with E-state index in [4.69, 9.17) is 0 Å². The summed E-state index contributed by atoms with van der Waals surface area (Å²) < 4.78 is 37.7. The van der Waals surface area contributed by atoms with E-state index in [1.165, 1.54) is 4.90 Å². The lowest BCUT2D eigenvalue weighted by atomic mass is 10.0. The number of rotatable bonds is 2. The number of amides is 1. The fourth-order valence-corrected chi connectivity index (χ4v) is 2.09. The van der Waals surface area contributed by atoms with Crippen molar-refractivity contribution in [3.05, 3.63) is 29.8 Å². The molecule has 104 valence electrons. The van der Waals surface area contributed by atoms with E-state index < -0.39 is 24.1 Å². The molecule has 0 unspecified atom stereocenters. The van der Waals surface area contributed by atoms with E-state index in [1.807, 2.05) is 12.1 Å². The highest BCUT2D eigenvalue weighted by Crippen LogP contribution is 2.35. The molecular formula is C13H14F3NO2. The highest BCUT2D eigenvalue weighted by atomic mass is 19.4. The van der Waals surface area contributed by atoms with E-state index >= 15 is 0 Å². The number of alkyl halides is 3. The molecule has 0 saturated heterocycles. The molecule has 2 rings (SSSR count). The molecule has 0 fully saturated rings. The van der Waals surface area contributed by atoms with E-state index in [0.29, 0.717) is 25.6 Å². The number of hydrogen-bond acceptors (Lipinski definition) is 2. The summed E-state index contributed by atoms with van der Waals surface area (Å²) in [7, 11) is 0. The Labute approximate surface area is 108 Å². The van der Waals surface area contributed by atoms with Crippen molar-refractivity contribution in [1.29, 1.82) is 0 Å². The Morgan fingerprint density at radius 2 is 2.00 bits per heavy atom. The van der Waals surface area contributed by atoms with Crippen LogP contribution in [0.25, 0.3) is 0 Å². The molecule has 0 aliphatic carbocycles. The van der Waals surface area contributed by atoms with Gasteiger partial charge >= 0.3 is 6.18 Å². The van der Waals surface area contributed by atoms with Crippen LogP contribution < -0.4 is 4.90 Å². The average Bonchev–Trinajstić information content (AvgIpc) is 2.70. The highest BCUT2D eigenvalue weighted by Gasteiger charge is 2.51. The second-order valence-corrected chi connectivity index (χ2v) is 4.87. The summed E-state index contributed by atoms with van der Waals surface area (Å²) in [6.45, 7) is 0.971. The van der Waals surface area contributed by atoms with Gasteiger partial charge in [0, 0.05) is 12.2 Å². The van der Waals surface area contributed by atoms with Gasteiger partial charge in [0.1, 0.15) is 0 Å². The van der Waals surface area contributed by atoms with Crippen molar-refractivity contribution in [2.45, 2.75) is 31.5 Å². The Balaban J connectivity index is 2.15. The fraction of sp³-hybridized carbons (Fsp3) is 0.462. The van der Waals surface area contributed by atoms with Crippen molar-refractivity contribution in [2.75, 3.05) is 11.4 Å². The molecule has 6 heteroatoms. The van der Waals surface area contributed by atoms with Gasteiger partial charge in [0.2, 0.25) is 5.91 Å². The van der Waals surface area contributed by atoms with Gasteiger partial charge < -0.3 is 10.0 Å². The van der Waals surface area contributed by atoms with Crippen LogP contribution in [0.2, 0.25) is 0 Å². The molecule has 1 aromatic rings. The van der Waals surface area contributed by atoms with Crippen LogP contribution in [0, 0.1) is 0 Å². The number of para-hydroxylation sites is 1. The first-order valence-electron chi connectivity index (χ1n) is 5.90. The second kappa shape index (κ2) is 4.52. The molecule has 1 atom stereocenters. The zero-order valence-electron chi connectivity index (χ0n) is 10.4. The third kappa shape index (κ3) is 2.58. The van der Waals surface area contributed by atoms with Gasteiger partial charge in [-0.15, -0.1) is 0 Å². The minimum absolute atomic E-state index is 0.353. The molecule has 0 spiro atoms. The van der Waals surface area contributed by atoms with Crippen LogP contribution in [-0.2, 0) is 11.2 Å². The summed E-state index contributed by atoms with van der Waals surface area (Å²) in [5, 5.41) is 9.36. The van der Waals surface area contributed by atoms with Crippen LogP contribution in [-0.4, -0.2) is 29.3 Å². The maximum atomic E-state index is 12.6. The molecule has 0 radical (unpaired) electrons. The van der Waals surface area contributed by atoms with Gasteiger partial charge in [0.05, 0.1) is 6.42 Å². The topological polar surface area (TPSA) is 40.5 Å². The third-order valence-corrected chi connectivity index (χ3v) is 3.29. The Kier molecular flexibility index (Phi) is 3.30. The van der Waals surface area contributed by atoms with Gasteiger partial charge in [-0.05, 0) is 25.0 Å². The summed E-state index contributed by atoms with van der Waals surface area (Å²) in [6.07, 6.45) is -5.16. The van der Waals surface area contributed by atoms with E-state index in [1.54, 1.807) is 12.1 Å². The molecule has 0 aromatic heterocycles. The maximum Gasteiger partial charge on any atom is 0.417 e. The molecule has 1 aliphatic rings. The van der Waals surface area contributed by atoms with E-state index in [-0.39, 0.29) is 0 Å². The predicted octanol–water partition coefficient (Wildman–Crippen LogP) is 2.28. The molecular weight excluding hydrogens is 259 g/mol. The molecule has 1 aliphatic heterocycles. The SMILES string of the molecule is C[C@](O)(CC(=O)N1CCc2ccccc21)C(F)(F)F. The van der Waals surface area contributed by atoms with E-state index in [9.17, 15) is 23.1 Å². The predicted molar refractivity (Wildman–Crippen MR) is 63.8 cm³/mol. The van der Waals surface area contributed by atoms with Gasteiger partial charge in [-0.2, -0.15) is 13.2 Å². The Morgan fingerprint density at radius 3 is 2.63 bits per heavy atom. The summed E-state index contributed by atoms with van der Waals surface area (Å²) in [5.41, 5.74) is -1.44. The fourth-order valence-electron chi connectivity index (χ4n) is 2.09.